The zero-order valence-electron chi connectivity index (χ0n) is 14.5. The number of nitrogens with one attached hydrogen (secondary N) is 2. The smallest absolute Gasteiger partial charge is 0.191 e. The predicted octanol–water partition coefficient (Wildman–Crippen LogP) is 4.02. The van der Waals surface area contributed by atoms with Crippen molar-refractivity contribution in [3.05, 3.63) is 60.1 Å². The third-order valence-corrected chi connectivity index (χ3v) is 3.64. The summed E-state index contributed by atoms with van der Waals surface area (Å²) in [6, 6.07) is 14.9. The normalized spacial score (nSPS) is 12.3. The van der Waals surface area contributed by atoms with Gasteiger partial charge in [-0.3, -0.25) is 4.99 Å². The van der Waals surface area contributed by atoms with Gasteiger partial charge in [-0.1, -0.05) is 30.3 Å². The number of furan rings is 1. The highest BCUT2D eigenvalue weighted by atomic mass is 127. The summed E-state index contributed by atoms with van der Waals surface area (Å²) in [5.74, 6) is 1.85. The van der Waals surface area contributed by atoms with Crippen molar-refractivity contribution in [1.29, 1.82) is 0 Å². The van der Waals surface area contributed by atoms with Crippen molar-refractivity contribution in [2.24, 2.45) is 4.99 Å². The monoisotopic (exact) mass is 441 g/mol. The molecule has 4 nitrogen and oxygen atoms in total. The minimum Gasteiger partial charge on any atom is -0.469 e. The fourth-order valence-electron chi connectivity index (χ4n) is 2.39. The van der Waals surface area contributed by atoms with Crippen molar-refractivity contribution in [3.8, 4) is 0 Å². The topological polar surface area (TPSA) is 49.6 Å². The Balaban J connectivity index is 0.00000288. The van der Waals surface area contributed by atoms with Gasteiger partial charge in [0.15, 0.2) is 5.96 Å². The molecule has 0 fully saturated rings. The first-order valence-corrected chi connectivity index (χ1v) is 8.39. The molecule has 1 aromatic carbocycles. The van der Waals surface area contributed by atoms with Crippen LogP contribution < -0.4 is 10.6 Å². The van der Waals surface area contributed by atoms with E-state index < -0.39 is 0 Å². The second kappa shape index (κ2) is 11.9. The van der Waals surface area contributed by atoms with Crippen molar-refractivity contribution < 1.29 is 4.42 Å². The van der Waals surface area contributed by atoms with Gasteiger partial charge in [-0.05, 0) is 44.4 Å². The Morgan fingerprint density at radius 1 is 1.12 bits per heavy atom. The maximum atomic E-state index is 5.33. The van der Waals surface area contributed by atoms with E-state index in [1.807, 2.05) is 12.1 Å². The lowest BCUT2D eigenvalue weighted by Gasteiger charge is -2.17. The molecular weight excluding hydrogens is 413 g/mol. The van der Waals surface area contributed by atoms with Crippen molar-refractivity contribution in [2.45, 2.75) is 39.2 Å². The van der Waals surface area contributed by atoms with Gasteiger partial charge >= 0.3 is 0 Å². The molecule has 1 aromatic heterocycles. The molecule has 2 aromatic rings. The first-order valence-electron chi connectivity index (χ1n) is 8.39. The Morgan fingerprint density at radius 2 is 1.92 bits per heavy atom. The highest BCUT2D eigenvalue weighted by molar-refractivity contribution is 14.0. The zero-order valence-corrected chi connectivity index (χ0v) is 16.8. The SMILES string of the molecule is CCNC(=NCCc1ccco1)NC(C)CCc1ccccc1.I. The summed E-state index contributed by atoms with van der Waals surface area (Å²) in [7, 11) is 0. The summed E-state index contributed by atoms with van der Waals surface area (Å²) < 4.78 is 5.33. The average Bonchev–Trinajstić information content (AvgIpc) is 3.07. The van der Waals surface area contributed by atoms with E-state index in [0.29, 0.717) is 12.6 Å². The summed E-state index contributed by atoms with van der Waals surface area (Å²) >= 11 is 0. The molecule has 0 aliphatic rings. The molecular formula is C19H28IN3O. The van der Waals surface area contributed by atoms with Gasteiger partial charge in [-0.15, -0.1) is 24.0 Å². The molecule has 1 heterocycles. The van der Waals surface area contributed by atoms with E-state index in [4.69, 9.17) is 4.42 Å². The number of benzene rings is 1. The van der Waals surface area contributed by atoms with E-state index in [1.54, 1.807) is 6.26 Å². The molecule has 0 radical (unpaired) electrons. The first-order chi connectivity index (χ1) is 11.3. The van der Waals surface area contributed by atoms with Crippen molar-refractivity contribution in [1.82, 2.24) is 10.6 Å². The molecule has 0 aliphatic heterocycles. The Morgan fingerprint density at radius 3 is 2.58 bits per heavy atom. The number of nitrogens with zero attached hydrogens (tertiary/aromatic N) is 1. The Kier molecular flexibility index (Phi) is 10.2. The van der Waals surface area contributed by atoms with E-state index in [-0.39, 0.29) is 24.0 Å². The van der Waals surface area contributed by atoms with Crippen LogP contribution in [0.2, 0.25) is 0 Å². The lowest BCUT2D eigenvalue weighted by atomic mass is 10.1. The minimum absolute atomic E-state index is 0. The van der Waals surface area contributed by atoms with Crippen LogP contribution in [0.25, 0.3) is 0 Å². The molecule has 132 valence electrons. The summed E-state index contributed by atoms with van der Waals surface area (Å²) in [4.78, 5) is 4.62. The molecule has 2 rings (SSSR count). The van der Waals surface area contributed by atoms with Gasteiger partial charge < -0.3 is 15.1 Å². The van der Waals surface area contributed by atoms with Gasteiger partial charge in [-0.25, -0.2) is 0 Å². The lowest BCUT2D eigenvalue weighted by molar-refractivity contribution is 0.510. The van der Waals surface area contributed by atoms with E-state index in [0.717, 1.165) is 37.5 Å². The van der Waals surface area contributed by atoms with Crippen LogP contribution >= 0.6 is 24.0 Å². The molecule has 5 heteroatoms. The third-order valence-electron chi connectivity index (χ3n) is 3.64. The first kappa shape index (κ1) is 20.5. The van der Waals surface area contributed by atoms with E-state index in [9.17, 15) is 0 Å². The molecule has 0 saturated heterocycles. The lowest BCUT2D eigenvalue weighted by Crippen LogP contribution is -2.42. The number of hydrogen-bond donors (Lipinski definition) is 2. The Hall–Kier alpha value is -1.50. The van der Waals surface area contributed by atoms with Gasteiger partial charge in [0, 0.05) is 25.6 Å². The average molecular weight is 441 g/mol. The predicted molar refractivity (Wildman–Crippen MR) is 111 cm³/mol. The molecule has 0 amide bonds. The number of halogens is 1. The van der Waals surface area contributed by atoms with Crippen molar-refractivity contribution in [2.75, 3.05) is 13.1 Å². The standard InChI is InChI=1S/C19H27N3O.HI/c1-3-20-19(21-14-13-18-10-7-15-23-18)22-16(2)11-12-17-8-5-4-6-9-17;/h4-10,15-16H,3,11-14H2,1-2H3,(H2,20,21,22);1H. The van der Waals surface area contributed by atoms with Crippen LogP contribution in [0.1, 0.15) is 31.6 Å². The Labute approximate surface area is 162 Å². The molecule has 0 saturated carbocycles. The highest BCUT2D eigenvalue weighted by Crippen LogP contribution is 2.05. The van der Waals surface area contributed by atoms with Gasteiger partial charge in [0.2, 0.25) is 0 Å². The number of aryl methyl sites for hydroxylation is 1. The molecule has 0 bridgehead atoms. The summed E-state index contributed by atoms with van der Waals surface area (Å²) in [5, 5.41) is 6.78. The van der Waals surface area contributed by atoms with Gasteiger partial charge in [0.1, 0.15) is 5.76 Å². The number of aliphatic imine (C=N–C) groups is 1. The number of guanidine groups is 1. The van der Waals surface area contributed by atoms with Gasteiger partial charge in [0.05, 0.1) is 6.26 Å². The van der Waals surface area contributed by atoms with Crippen LogP contribution in [0.5, 0.6) is 0 Å². The van der Waals surface area contributed by atoms with Crippen LogP contribution in [0.4, 0.5) is 0 Å². The summed E-state index contributed by atoms with van der Waals surface area (Å²) in [6.45, 7) is 5.85. The fourth-order valence-corrected chi connectivity index (χ4v) is 2.39. The highest BCUT2D eigenvalue weighted by Gasteiger charge is 2.05. The third kappa shape index (κ3) is 7.86. The van der Waals surface area contributed by atoms with Gasteiger partial charge in [-0.2, -0.15) is 0 Å². The second-order valence-corrected chi connectivity index (χ2v) is 5.66. The molecule has 0 aliphatic carbocycles. The van der Waals surface area contributed by atoms with Crippen LogP contribution in [0, 0.1) is 0 Å². The van der Waals surface area contributed by atoms with Crippen LogP contribution in [-0.2, 0) is 12.8 Å². The molecule has 1 unspecified atom stereocenters. The number of hydrogen-bond acceptors (Lipinski definition) is 2. The number of rotatable bonds is 8. The quantitative estimate of drug-likeness (QED) is 0.370. The second-order valence-electron chi connectivity index (χ2n) is 5.66. The summed E-state index contributed by atoms with van der Waals surface area (Å²) in [5.41, 5.74) is 1.38. The minimum atomic E-state index is 0. The van der Waals surface area contributed by atoms with Crippen LogP contribution in [0.15, 0.2) is 58.1 Å². The van der Waals surface area contributed by atoms with E-state index in [1.165, 1.54) is 5.56 Å². The van der Waals surface area contributed by atoms with E-state index in [2.05, 4.69) is 59.8 Å². The molecule has 0 spiro atoms. The molecule has 1 atom stereocenters. The largest absolute Gasteiger partial charge is 0.469 e. The van der Waals surface area contributed by atoms with Crippen molar-refractivity contribution in [3.63, 3.8) is 0 Å². The molecule has 24 heavy (non-hydrogen) atoms. The fraction of sp³-hybridized carbons (Fsp3) is 0.421. The summed E-state index contributed by atoms with van der Waals surface area (Å²) in [6.07, 6.45) is 4.67. The molecule has 2 N–H and O–H groups in total. The zero-order chi connectivity index (χ0) is 16.3. The van der Waals surface area contributed by atoms with Gasteiger partial charge in [0.25, 0.3) is 0 Å². The van der Waals surface area contributed by atoms with Crippen LogP contribution in [0.3, 0.4) is 0 Å². The maximum absolute atomic E-state index is 5.33. The van der Waals surface area contributed by atoms with E-state index >= 15 is 0 Å². The van der Waals surface area contributed by atoms with Crippen LogP contribution in [-0.4, -0.2) is 25.1 Å². The van der Waals surface area contributed by atoms with Crippen molar-refractivity contribution >= 4 is 29.9 Å². The Bertz CT molecular complexity index is 570. The maximum Gasteiger partial charge on any atom is 0.191 e.